The van der Waals surface area contributed by atoms with E-state index in [9.17, 15) is 14.4 Å². The number of hydrogen-bond donors (Lipinski definition) is 2. The van der Waals surface area contributed by atoms with E-state index in [0.29, 0.717) is 34.3 Å². The fraction of sp³-hybridized carbons (Fsp3) is 0.257. The number of rotatable bonds is 4. The van der Waals surface area contributed by atoms with Crippen LogP contribution < -0.4 is 29.6 Å². The molecule has 4 heterocycles. The van der Waals surface area contributed by atoms with E-state index in [-0.39, 0.29) is 43.6 Å². The van der Waals surface area contributed by atoms with Crippen molar-refractivity contribution in [2.45, 2.75) is 25.6 Å². The zero-order valence-electron chi connectivity index (χ0n) is 25.7. The highest BCUT2D eigenvalue weighted by molar-refractivity contribution is 6.02. The predicted molar refractivity (Wildman–Crippen MR) is 169 cm³/mol. The largest absolute Gasteiger partial charge is 0.497 e. The van der Waals surface area contributed by atoms with E-state index in [4.69, 9.17) is 18.9 Å². The minimum absolute atomic E-state index is 0.193. The number of benzene rings is 3. The third kappa shape index (κ3) is 6.44. The normalized spacial score (nSPS) is 17.9. The molecule has 7 rings (SSSR count). The maximum Gasteiger partial charge on any atom is 0.258 e. The van der Waals surface area contributed by atoms with Crippen LogP contribution in [-0.2, 0) is 11.3 Å². The molecule has 4 bridgehead atoms. The molecule has 0 saturated carbocycles. The van der Waals surface area contributed by atoms with Gasteiger partial charge in [-0.2, -0.15) is 0 Å². The minimum Gasteiger partial charge on any atom is -0.497 e. The number of aromatic nitrogens is 1. The van der Waals surface area contributed by atoms with Crippen molar-refractivity contribution in [2.75, 3.05) is 33.9 Å². The van der Waals surface area contributed by atoms with Crippen LogP contribution in [0.2, 0.25) is 0 Å². The Hall–Kier alpha value is -5.58. The number of likely N-dealkylation sites (tertiary alicyclic amines) is 1. The van der Waals surface area contributed by atoms with Crippen LogP contribution >= 0.6 is 0 Å². The molecule has 3 aromatic carbocycles. The molecule has 0 spiro atoms. The summed E-state index contributed by atoms with van der Waals surface area (Å²) in [5.41, 5.74) is 3.79. The SMILES string of the molecule is COc1cc2cc(c1)C(=O)N[C@H]1CN(C(=O)c3c(-c4ccccc4)ccnc3C)C[C@@H]1Oc1ccc(c(OC)c1)CNC(=O)CO2. The van der Waals surface area contributed by atoms with Crippen molar-refractivity contribution in [1.29, 1.82) is 0 Å². The molecule has 1 aromatic heterocycles. The van der Waals surface area contributed by atoms with Gasteiger partial charge in [0.05, 0.1) is 38.1 Å². The molecule has 0 unspecified atom stereocenters. The lowest BCUT2D eigenvalue weighted by Gasteiger charge is -2.22. The van der Waals surface area contributed by atoms with Crippen molar-refractivity contribution in [3.63, 3.8) is 0 Å². The zero-order chi connectivity index (χ0) is 32.2. The highest BCUT2D eigenvalue weighted by Gasteiger charge is 2.39. The van der Waals surface area contributed by atoms with Crippen molar-refractivity contribution < 1.29 is 33.3 Å². The number of amides is 3. The number of fused-ring (bicyclic) bond motifs is 7. The Balaban J connectivity index is 1.36. The first kappa shape index (κ1) is 30.4. The summed E-state index contributed by atoms with van der Waals surface area (Å²) in [7, 11) is 3.02. The summed E-state index contributed by atoms with van der Waals surface area (Å²) in [5.74, 6) is 0.716. The lowest BCUT2D eigenvalue weighted by molar-refractivity contribution is -0.123. The Labute approximate surface area is 266 Å². The van der Waals surface area contributed by atoms with E-state index >= 15 is 0 Å². The van der Waals surface area contributed by atoms with Crippen LogP contribution in [0.3, 0.4) is 0 Å². The van der Waals surface area contributed by atoms with Crippen LogP contribution in [0, 0.1) is 6.92 Å². The molecule has 11 nitrogen and oxygen atoms in total. The van der Waals surface area contributed by atoms with E-state index in [1.807, 2.05) is 43.3 Å². The summed E-state index contributed by atoms with van der Waals surface area (Å²) in [6.07, 6.45) is 1.10. The first-order valence-electron chi connectivity index (χ1n) is 14.9. The number of nitrogens with zero attached hydrogens (tertiary/aromatic N) is 2. The Morgan fingerprint density at radius 2 is 1.76 bits per heavy atom. The topological polar surface area (TPSA) is 128 Å². The smallest absolute Gasteiger partial charge is 0.258 e. The number of carbonyl (C=O) groups is 3. The fourth-order valence-electron chi connectivity index (χ4n) is 5.72. The quantitative estimate of drug-likeness (QED) is 0.352. The minimum atomic E-state index is -0.600. The molecule has 1 fully saturated rings. The molecule has 236 valence electrons. The first-order valence-corrected chi connectivity index (χ1v) is 14.9. The van der Waals surface area contributed by atoms with Crippen molar-refractivity contribution in [3.8, 4) is 34.1 Å². The molecule has 2 atom stereocenters. The second-order valence-electron chi connectivity index (χ2n) is 11.1. The molecular weight excluding hydrogens is 588 g/mol. The van der Waals surface area contributed by atoms with Crippen LogP contribution in [0.4, 0.5) is 0 Å². The Morgan fingerprint density at radius 1 is 0.935 bits per heavy atom. The molecule has 1 saturated heterocycles. The molecule has 3 aliphatic rings. The average Bonchev–Trinajstić information content (AvgIpc) is 3.47. The summed E-state index contributed by atoms with van der Waals surface area (Å²) < 4.78 is 23.1. The second-order valence-corrected chi connectivity index (χ2v) is 11.1. The van der Waals surface area contributed by atoms with Gasteiger partial charge >= 0.3 is 0 Å². The second kappa shape index (κ2) is 13.2. The van der Waals surface area contributed by atoms with Gasteiger partial charge in [0, 0.05) is 42.5 Å². The Kier molecular flexibility index (Phi) is 8.73. The summed E-state index contributed by atoms with van der Waals surface area (Å²) in [4.78, 5) is 46.5. The zero-order valence-corrected chi connectivity index (χ0v) is 25.7. The van der Waals surface area contributed by atoms with Gasteiger partial charge in [-0.15, -0.1) is 0 Å². The Morgan fingerprint density at radius 3 is 2.54 bits per heavy atom. The van der Waals surface area contributed by atoms with Crippen LogP contribution in [0.15, 0.2) is 79.0 Å². The summed E-state index contributed by atoms with van der Waals surface area (Å²) >= 11 is 0. The van der Waals surface area contributed by atoms with Gasteiger partial charge in [0.2, 0.25) is 0 Å². The predicted octanol–water partition coefficient (Wildman–Crippen LogP) is 3.78. The van der Waals surface area contributed by atoms with Crippen LogP contribution in [0.1, 0.15) is 32.0 Å². The highest BCUT2D eigenvalue weighted by atomic mass is 16.5. The van der Waals surface area contributed by atoms with E-state index < -0.39 is 18.1 Å². The summed E-state index contributed by atoms with van der Waals surface area (Å²) in [5, 5.41) is 5.88. The fourth-order valence-corrected chi connectivity index (χ4v) is 5.72. The van der Waals surface area contributed by atoms with Gasteiger partial charge in [-0.3, -0.25) is 19.4 Å². The number of methoxy groups -OCH3 is 2. The maximum absolute atomic E-state index is 14.2. The maximum atomic E-state index is 14.2. The van der Waals surface area contributed by atoms with Crippen molar-refractivity contribution in [2.24, 2.45) is 0 Å². The van der Waals surface area contributed by atoms with Crippen molar-refractivity contribution in [1.82, 2.24) is 20.5 Å². The number of carbonyl (C=O) groups excluding carboxylic acids is 3. The van der Waals surface area contributed by atoms with Gasteiger partial charge in [-0.25, -0.2) is 0 Å². The third-order valence-electron chi connectivity index (χ3n) is 8.08. The molecule has 11 heteroatoms. The molecule has 3 amide bonds. The molecule has 4 aromatic rings. The van der Waals surface area contributed by atoms with Crippen molar-refractivity contribution >= 4 is 17.7 Å². The van der Waals surface area contributed by atoms with Crippen LogP contribution in [0.5, 0.6) is 23.0 Å². The summed E-state index contributed by atoms with van der Waals surface area (Å²) in [6.45, 7) is 2.16. The van der Waals surface area contributed by atoms with Gasteiger partial charge in [0.15, 0.2) is 6.61 Å². The molecule has 0 radical (unpaired) electrons. The van der Waals surface area contributed by atoms with Gasteiger partial charge in [-0.05, 0) is 48.4 Å². The van der Waals surface area contributed by atoms with Crippen molar-refractivity contribution in [3.05, 3.63) is 101 Å². The number of pyridine rings is 1. The van der Waals surface area contributed by atoms with E-state index in [1.165, 1.54) is 14.2 Å². The van der Waals surface area contributed by atoms with E-state index in [1.54, 1.807) is 47.5 Å². The van der Waals surface area contributed by atoms with Crippen LogP contribution in [-0.4, -0.2) is 73.7 Å². The standard InChI is InChI=1S/C35H34N4O7/c1-21-33(28(11-12-36-21)22-7-5-4-6-8-22)35(42)39-18-29-31(19-39)46-25-10-9-23(30(16-25)44-3)17-37-32(40)20-45-27-14-24(34(41)38-29)13-26(15-27)43-2/h4-16,29,31H,17-20H2,1-3H3,(H,37,40)(H,38,41)/t29-,31-/m0/s1. The monoisotopic (exact) mass is 622 g/mol. The number of aryl methyl sites for hydroxylation is 1. The average molecular weight is 623 g/mol. The molecule has 46 heavy (non-hydrogen) atoms. The molecule has 2 N–H and O–H groups in total. The van der Waals surface area contributed by atoms with Gasteiger partial charge < -0.3 is 34.5 Å². The lowest BCUT2D eigenvalue weighted by Crippen LogP contribution is -2.45. The molecular formula is C35H34N4O7. The number of nitrogens with one attached hydrogen (secondary N) is 2. The van der Waals surface area contributed by atoms with Crippen LogP contribution in [0.25, 0.3) is 11.1 Å². The van der Waals surface area contributed by atoms with E-state index in [2.05, 4.69) is 15.6 Å². The third-order valence-corrected chi connectivity index (χ3v) is 8.08. The van der Waals surface area contributed by atoms with Gasteiger partial charge in [0.1, 0.15) is 29.1 Å². The van der Waals surface area contributed by atoms with Gasteiger partial charge in [0.25, 0.3) is 17.7 Å². The highest BCUT2D eigenvalue weighted by Crippen LogP contribution is 2.31. The number of ether oxygens (including phenoxy) is 4. The van der Waals surface area contributed by atoms with Gasteiger partial charge in [-0.1, -0.05) is 30.3 Å². The first-order chi connectivity index (χ1) is 22.3. The molecule has 3 aliphatic heterocycles. The lowest BCUT2D eigenvalue weighted by atomic mass is 9.98. The van der Waals surface area contributed by atoms with E-state index in [0.717, 1.165) is 16.7 Å². The molecule has 0 aliphatic carbocycles. The Bertz CT molecular complexity index is 1780. The number of hydrogen-bond acceptors (Lipinski definition) is 8. The summed E-state index contributed by atoms with van der Waals surface area (Å²) in [6, 6.07) is 21.0.